The third-order valence-electron chi connectivity index (χ3n) is 18.8. The Morgan fingerprint density at radius 1 is 0.809 bits per heavy atom. The molecule has 0 saturated carbocycles. The maximum atomic E-state index is 16.0. The third-order valence-corrected chi connectivity index (χ3v) is 18.8. The van der Waals surface area contributed by atoms with E-state index >= 15 is 4.39 Å². The van der Waals surface area contributed by atoms with Crippen molar-refractivity contribution in [3.8, 4) is 35.4 Å². The molecule has 0 spiro atoms. The molecule has 8 rings (SSSR count). The van der Waals surface area contributed by atoms with Gasteiger partial charge in [-0.3, -0.25) is 24.3 Å². The fourth-order valence-corrected chi connectivity index (χ4v) is 12.7. The number of anilines is 2. The molecule has 3 aliphatic rings. The van der Waals surface area contributed by atoms with Gasteiger partial charge in [0, 0.05) is 86.7 Å². The number of benzene rings is 3. The number of pyridine rings is 1. The number of fused-ring (bicyclic) bond motifs is 3. The lowest BCUT2D eigenvalue weighted by Gasteiger charge is -2.32. The number of nitrogens with zero attached hydrogens (tertiary/aromatic N) is 6. The second-order valence-electron chi connectivity index (χ2n) is 27.1. The van der Waals surface area contributed by atoms with Crippen LogP contribution in [0.4, 0.5) is 20.3 Å². The normalized spacial score (nSPS) is 17.5. The average molecular weight is 1300 g/mol. The number of halogens is 2. The van der Waals surface area contributed by atoms with E-state index in [1.807, 2.05) is 60.7 Å². The van der Waals surface area contributed by atoms with Crippen LogP contribution < -0.4 is 14.5 Å². The highest BCUT2D eigenvalue weighted by atomic mass is 19.1. The highest BCUT2D eigenvalue weighted by Gasteiger charge is 2.37. The molecule has 3 aromatic carbocycles. The largest absolute Gasteiger partial charge is 0.508 e. The van der Waals surface area contributed by atoms with Crippen LogP contribution in [-0.4, -0.2) is 113 Å². The van der Waals surface area contributed by atoms with E-state index in [0.29, 0.717) is 66.6 Å². The molecule has 0 aliphatic carbocycles. The number of ether oxygens (including phenoxy) is 3. The van der Waals surface area contributed by atoms with Gasteiger partial charge in [0.15, 0.2) is 5.82 Å². The molecule has 5 aromatic rings. The van der Waals surface area contributed by atoms with Gasteiger partial charge in [-0.2, -0.15) is 9.97 Å². The zero-order valence-electron chi connectivity index (χ0n) is 60.4. The smallest absolute Gasteiger partial charge is 0.318 e. The van der Waals surface area contributed by atoms with Crippen LogP contribution in [0.15, 0.2) is 48.7 Å². The van der Waals surface area contributed by atoms with Gasteiger partial charge in [0.25, 0.3) is 0 Å². The van der Waals surface area contributed by atoms with Crippen LogP contribution in [0.1, 0.15) is 229 Å². The number of ketones is 2. The first-order valence-electron chi connectivity index (χ1n) is 35.2. The lowest BCUT2D eigenvalue weighted by Crippen LogP contribution is -2.35. The topological polar surface area (TPSA) is 165 Å². The number of phenols is 1. The van der Waals surface area contributed by atoms with E-state index in [0.717, 1.165) is 55.1 Å². The first-order chi connectivity index (χ1) is 44.7. The average Bonchev–Trinajstić information content (AvgIpc) is 0.942. The Hall–Kier alpha value is -6.57. The number of terminal acetylenes is 1. The summed E-state index contributed by atoms with van der Waals surface area (Å²) in [6, 6.07) is 13.0. The molecule has 3 saturated heterocycles. The number of esters is 1. The minimum Gasteiger partial charge on any atom is -0.508 e. The first-order valence-corrected chi connectivity index (χ1v) is 35.2. The van der Waals surface area contributed by atoms with Crippen molar-refractivity contribution in [3.05, 3.63) is 77.0 Å². The van der Waals surface area contributed by atoms with Crippen LogP contribution in [0.5, 0.6) is 11.8 Å². The van der Waals surface area contributed by atoms with E-state index in [1.54, 1.807) is 11.8 Å². The van der Waals surface area contributed by atoms with Gasteiger partial charge in [-0.05, 0) is 169 Å². The minimum atomic E-state index is -0.733. The summed E-state index contributed by atoms with van der Waals surface area (Å²) in [5.41, 5.74) is 3.40. The number of carbonyl (C=O) groups is 4. The number of aryl methyl sites for hydroxylation is 2. The van der Waals surface area contributed by atoms with Gasteiger partial charge < -0.3 is 33.9 Å². The number of Topliss-reactive ketones (excluding diaryl/α,β-unsaturated/α-hetero) is 2. The van der Waals surface area contributed by atoms with Crippen LogP contribution in [0.2, 0.25) is 0 Å². The van der Waals surface area contributed by atoms with E-state index in [2.05, 4.69) is 85.2 Å². The number of aromatic nitrogens is 3. The second-order valence-corrected chi connectivity index (χ2v) is 27.1. The number of hydrogen-bond acceptors (Lipinski definition) is 13. The molecule has 1 N–H and O–H groups in total. The molecule has 0 bridgehead atoms. The van der Waals surface area contributed by atoms with Gasteiger partial charge in [0.2, 0.25) is 5.91 Å². The number of piperidine rings is 1. The Bertz CT molecular complexity index is 3220. The summed E-state index contributed by atoms with van der Waals surface area (Å²) in [6.45, 7) is 34.1. The van der Waals surface area contributed by atoms with Crippen molar-refractivity contribution in [2.24, 2.45) is 29.6 Å². The van der Waals surface area contributed by atoms with Gasteiger partial charge in [-0.25, -0.2) is 8.78 Å². The number of phenolic OH excluding ortho intramolecular Hbond substituents is 1. The maximum absolute atomic E-state index is 16.0. The van der Waals surface area contributed by atoms with Gasteiger partial charge in [-0.15, -0.1) is 6.42 Å². The Labute approximate surface area is 563 Å². The van der Waals surface area contributed by atoms with E-state index in [1.165, 1.54) is 146 Å². The number of rotatable bonds is 26. The van der Waals surface area contributed by atoms with Crippen LogP contribution in [0, 0.1) is 67.4 Å². The van der Waals surface area contributed by atoms with Crippen LogP contribution in [0.25, 0.3) is 32.9 Å². The zero-order valence-corrected chi connectivity index (χ0v) is 60.4. The second kappa shape index (κ2) is 40.7. The van der Waals surface area contributed by atoms with Crippen LogP contribution in [0.3, 0.4) is 0 Å². The molecular formula is C78H116F2N6O8. The zero-order chi connectivity index (χ0) is 69.8. The fraction of sp³-hybridized carbons (Fsp3) is 0.628. The molecule has 16 heteroatoms. The van der Waals surface area contributed by atoms with Crippen molar-refractivity contribution >= 4 is 56.6 Å². The van der Waals surface area contributed by atoms with Gasteiger partial charge in [0.1, 0.15) is 46.8 Å². The molecule has 8 atom stereocenters. The van der Waals surface area contributed by atoms with E-state index < -0.39 is 11.6 Å². The summed E-state index contributed by atoms with van der Waals surface area (Å²) < 4.78 is 47.4. The summed E-state index contributed by atoms with van der Waals surface area (Å²) in [7, 11) is 3.25. The van der Waals surface area contributed by atoms with E-state index in [9.17, 15) is 28.7 Å². The molecule has 3 aliphatic heterocycles. The van der Waals surface area contributed by atoms with Crippen LogP contribution >= 0.6 is 0 Å². The van der Waals surface area contributed by atoms with Crippen molar-refractivity contribution in [2.45, 2.75) is 250 Å². The maximum Gasteiger partial charge on any atom is 0.318 e. The van der Waals surface area contributed by atoms with Crippen molar-refractivity contribution < 1.29 is 47.3 Å². The third kappa shape index (κ3) is 24.6. The van der Waals surface area contributed by atoms with Gasteiger partial charge in [0.05, 0.1) is 30.3 Å². The summed E-state index contributed by atoms with van der Waals surface area (Å²) in [6.07, 6.45) is 29.9. The summed E-state index contributed by atoms with van der Waals surface area (Å²) in [5, 5.41) is 11.5. The fourth-order valence-electron chi connectivity index (χ4n) is 12.7. The minimum absolute atomic E-state index is 0.0280. The molecule has 3 fully saturated rings. The highest BCUT2D eigenvalue weighted by Crippen LogP contribution is 2.40. The summed E-state index contributed by atoms with van der Waals surface area (Å²) in [5.74, 6) is 4.14. The molecule has 14 nitrogen and oxygen atoms in total. The SMILES string of the molecule is C#Cc1c(F)ccc2cc(O)cc(-c3ncc4c(N5CCCC(C)C5)nc(OC)nc4c3F)c12.CC(=O)CCC(C)C(=O)C(C)C.CC(=O)OCC1CCC2CCCN21.CCC(=O)N(C)c1cc(C)ccc1C.CCCC(CCC(C)CC)OC(CCC)CCC(C)CC. The summed E-state index contributed by atoms with van der Waals surface area (Å²) >= 11 is 0. The molecule has 8 unspecified atom stereocenters. The number of methoxy groups -OCH3 is 1. The molecular weight excluding hydrogens is 1190 g/mol. The molecule has 1 amide bonds. The van der Waals surface area contributed by atoms with Crippen molar-refractivity contribution in [1.82, 2.24) is 19.9 Å². The lowest BCUT2D eigenvalue weighted by molar-refractivity contribution is -0.142. The van der Waals surface area contributed by atoms with Crippen molar-refractivity contribution in [2.75, 3.05) is 50.2 Å². The van der Waals surface area contributed by atoms with E-state index in [4.69, 9.17) is 20.6 Å². The Morgan fingerprint density at radius 2 is 1.46 bits per heavy atom. The first kappa shape index (κ1) is 79.9. The Kier molecular flexibility index (Phi) is 34.6. The van der Waals surface area contributed by atoms with Crippen molar-refractivity contribution in [1.29, 1.82) is 0 Å². The van der Waals surface area contributed by atoms with Gasteiger partial charge >= 0.3 is 12.0 Å². The number of carbonyl (C=O) groups excluding carboxylic acids is 4. The number of amides is 1. The Morgan fingerprint density at radius 3 is 2.02 bits per heavy atom. The highest BCUT2D eigenvalue weighted by molar-refractivity contribution is 6.03. The summed E-state index contributed by atoms with van der Waals surface area (Å²) in [4.78, 5) is 63.6. The Balaban J connectivity index is 0.000000270. The predicted molar refractivity (Wildman–Crippen MR) is 381 cm³/mol. The molecule has 0 radical (unpaired) electrons. The predicted octanol–water partition coefficient (Wildman–Crippen LogP) is 18.1. The number of aromatic hydroxyl groups is 1. The molecule has 2 aromatic heterocycles. The van der Waals surface area contributed by atoms with Gasteiger partial charge in [-0.1, -0.05) is 126 Å². The number of hydrogen-bond donors (Lipinski definition) is 1. The molecule has 520 valence electrons. The van der Waals surface area contributed by atoms with Crippen LogP contribution in [-0.2, 0) is 28.7 Å². The lowest BCUT2D eigenvalue weighted by atomic mass is 9.92. The van der Waals surface area contributed by atoms with Crippen molar-refractivity contribution in [3.63, 3.8) is 0 Å². The quantitative estimate of drug-likeness (QED) is 0.0411. The standard InChI is InChI=1S/C26H22F2N4O2.C20H42O.C12H17NO.C10H17NO2.C10H18O2/c1-4-17-20(27)8-7-15-10-16(33)11-18(21(15)17)23-22(28)24-19(12-29-23)25(31-26(30-24)34-3)32-9-5-6-14(2)13-32;1-7-11-19(15-13-17(5)9-3)21-20(12-8-2)16-14-18(6)10-4;1-5-12(14)13(4)11-8-9(2)6-7-10(11)3;1-8(12)13-7-10-5-4-9-3-2-6-11(9)10;1-7(2)10(12)8(3)5-6-9(4)11/h1,7-8,10-12,14,33H,5-6,9,13H2,2-3H3;17-20H,7-16H2,1-6H3;6-8H,5H2,1-4H3;9-10H,2-7H2,1H3;7-8H,5-6H2,1-4H3. The molecule has 94 heavy (non-hydrogen) atoms. The molecule has 5 heterocycles. The monoisotopic (exact) mass is 1300 g/mol. The van der Waals surface area contributed by atoms with E-state index in [-0.39, 0.29) is 74.8 Å².